The zero-order chi connectivity index (χ0) is 15.9. The minimum atomic E-state index is -0.773. The summed E-state index contributed by atoms with van der Waals surface area (Å²) in [6.07, 6.45) is 4.73. The van der Waals surface area contributed by atoms with Gasteiger partial charge in [-0.05, 0) is 36.3 Å². The van der Waals surface area contributed by atoms with Gasteiger partial charge < -0.3 is 10.4 Å². The Kier molecular flexibility index (Phi) is 6.34. The van der Waals surface area contributed by atoms with Crippen LogP contribution in [0.1, 0.15) is 50.4 Å². The molecule has 1 unspecified atom stereocenters. The lowest BCUT2D eigenvalue weighted by atomic mass is 9.76. The first-order chi connectivity index (χ1) is 9.80. The highest BCUT2D eigenvalue weighted by molar-refractivity contribution is 5.93. The van der Waals surface area contributed by atoms with Gasteiger partial charge in [-0.15, -0.1) is 0 Å². The van der Waals surface area contributed by atoms with Gasteiger partial charge >= 0.3 is 5.97 Å². The highest BCUT2D eigenvalue weighted by Crippen LogP contribution is 2.32. The largest absolute Gasteiger partial charge is 0.481 e. The van der Waals surface area contributed by atoms with E-state index in [1.54, 1.807) is 24.5 Å². The van der Waals surface area contributed by atoms with E-state index >= 15 is 0 Å². The third kappa shape index (κ3) is 6.38. The fourth-order valence-corrected chi connectivity index (χ4v) is 2.27. The van der Waals surface area contributed by atoms with E-state index in [9.17, 15) is 9.59 Å². The molecule has 0 aliphatic heterocycles. The predicted molar refractivity (Wildman–Crippen MR) is 81.0 cm³/mol. The molecular weight excluding hydrogens is 268 g/mol. The van der Waals surface area contributed by atoms with Gasteiger partial charge in [-0.1, -0.05) is 20.8 Å². The Morgan fingerprint density at radius 2 is 1.86 bits per heavy atom. The second kappa shape index (κ2) is 7.76. The molecule has 0 aliphatic carbocycles. The number of hydrogen-bond acceptors (Lipinski definition) is 3. The quantitative estimate of drug-likeness (QED) is 0.810. The van der Waals surface area contributed by atoms with Crippen molar-refractivity contribution in [2.45, 2.75) is 40.0 Å². The molecule has 1 heterocycles. The molecule has 116 valence electrons. The SMILES string of the molecule is CC(C)(C)C(CCNC(=O)c1ccncc1)CCC(=O)O. The van der Waals surface area contributed by atoms with Gasteiger partial charge in [0.25, 0.3) is 5.91 Å². The Morgan fingerprint density at radius 3 is 2.38 bits per heavy atom. The van der Waals surface area contributed by atoms with Crippen LogP contribution in [0.4, 0.5) is 0 Å². The van der Waals surface area contributed by atoms with Crippen LogP contribution in [0.2, 0.25) is 0 Å². The molecule has 1 aromatic heterocycles. The maximum Gasteiger partial charge on any atom is 0.303 e. The topological polar surface area (TPSA) is 79.3 Å². The fourth-order valence-electron chi connectivity index (χ4n) is 2.27. The molecule has 1 amide bonds. The van der Waals surface area contributed by atoms with Gasteiger partial charge in [0.15, 0.2) is 0 Å². The Morgan fingerprint density at radius 1 is 1.24 bits per heavy atom. The third-order valence-electron chi connectivity index (χ3n) is 3.65. The van der Waals surface area contributed by atoms with E-state index < -0.39 is 5.97 Å². The molecule has 1 atom stereocenters. The smallest absolute Gasteiger partial charge is 0.303 e. The summed E-state index contributed by atoms with van der Waals surface area (Å²) in [5.74, 6) is -0.639. The van der Waals surface area contributed by atoms with Crippen LogP contribution in [-0.2, 0) is 4.79 Å². The number of nitrogens with one attached hydrogen (secondary N) is 1. The summed E-state index contributed by atoms with van der Waals surface area (Å²) in [4.78, 5) is 26.5. The highest BCUT2D eigenvalue weighted by Gasteiger charge is 2.24. The molecule has 0 aromatic carbocycles. The van der Waals surface area contributed by atoms with E-state index in [2.05, 4.69) is 31.1 Å². The van der Waals surface area contributed by atoms with Crippen molar-refractivity contribution in [3.63, 3.8) is 0 Å². The van der Waals surface area contributed by atoms with Crippen molar-refractivity contribution in [3.05, 3.63) is 30.1 Å². The Labute approximate surface area is 125 Å². The number of rotatable bonds is 7. The van der Waals surface area contributed by atoms with Crippen LogP contribution >= 0.6 is 0 Å². The summed E-state index contributed by atoms with van der Waals surface area (Å²) in [5.41, 5.74) is 0.611. The van der Waals surface area contributed by atoms with Crippen molar-refractivity contribution in [1.29, 1.82) is 0 Å². The zero-order valence-electron chi connectivity index (χ0n) is 12.9. The molecule has 5 heteroatoms. The second-order valence-electron chi connectivity index (χ2n) is 6.28. The van der Waals surface area contributed by atoms with Gasteiger partial charge in [-0.25, -0.2) is 0 Å². The standard InChI is InChI=1S/C16H24N2O3/c1-16(2,3)13(4-5-14(19)20)8-11-18-15(21)12-6-9-17-10-7-12/h6-7,9-10,13H,4-5,8,11H2,1-3H3,(H,18,21)(H,19,20). The molecular formula is C16H24N2O3. The van der Waals surface area contributed by atoms with Crippen molar-refractivity contribution in [2.24, 2.45) is 11.3 Å². The maximum atomic E-state index is 11.9. The van der Waals surface area contributed by atoms with Crippen LogP contribution in [0, 0.1) is 11.3 Å². The third-order valence-corrected chi connectivity index (χ3v) is 3.65. The van der Waals surface area contributed by atoms with Crippen LogP contribution < -0.4 is 5.32 Å². The molecule has 0 spiro atoms. The van der Waals surface area contributed by atoms with Crippen LogP contribution in [0.5, 0.6) is 0 Å². The first-order valence-corrected chi connectivity index (χ1v) is 7.20. The molecule has 0 radical (unpaired) electrons. The average Bonchev–Trinajstić information content (AvgIpc) is 2.41. The van der Waals surface area contributed by atoms with E-state index in [1.807, 2.05) is 0 Å². The number of nitrogens with zero attached hydrogens (tertiary/aromatic N) is 1. The van der Waals surface area contributed by atoms with Crippen LogP contribution in [-0.4, -0.2) is 28.5 Å². The van der Waals surface area contributed by atoms with Crippen molar-refractivity contribution in [2.75, 3.05) is 6.54 Å². The summed E-state index contributed by atoms with van der Waals surface area (Å²) in [5, 5.41) is 11.7. The number of aromatic nitrogens is 1. The van der Waals surface area contributed by atoms with Gasteiger partial charge in [0.2, 0.25) is 0 Å². The monoisotopic (exact) mass is 292 g/mol. The zero-order valence-corrected chi connectivity index (χ0v) is 12.9. The van der Waals surface area contributed by atoms with Crippen molar-refractivity contribution in [1.82, 2.24) is 10.3 Å². The lowest BCUT2D eigenvalue weighted by molar-refractivity contribution is -0.137. The fraction of sp³-hybridized carbons (Fsp3) is 0.562. The molecule has 0 saturated heterocycles. The molecule has 21 heavy (non-hydrogen) atoms. The molecule has 2 N–H and O–H groups in total. The first kappa shape index (κ1) is 17.1. The van der Waals surface area contributed by atoms with Crippen molar-refractivity contribution < 1.29 is 14.7 Å². The summed E-state index contributed by atoms with van der Waals surface area (Å²) < 4.78 is 0. The van der Waals surface area contributed by atoms with E-state index in [-0.39, 0.29) is 23.7 Å². The van der Waals surface area contributed by atoms with E-state index in [0.717, 1.165) is 6.42 Å². The van der Waals surface area contributed by atoms with E-state index in [4.69, 9.17) is 5.11 Å². The number of pyridine rings is 1. The van der Waals surface area contributed by atoms with Gasteiger partial charge in [-0.2, -0.15) is 0 Å². The molecule has 1 rings (SSSR count). The molecule has 0 bridgehead atoms. The number of carboxylic acids is 1. The van der Waals surface area contributed by atoms with E-state index in [0.29, 0.717) is 18.5 Å². The molecule has 1 aromatic rings. The van der Waals surface area contributed by atoms with Gasteiger partial charge in [0.1, 0.15) is 0 Å². The maximum absolute atomic E-state index is 11.9. The summed E-state index contributed by atoms with van der Waals surface area (Å²) >= 11 is 0. The number of carboxylic acid groups (broad SMARTS) is 1. The predicted octanol–water partition coefficient (Wildman–Crippen LogP) is 2.73. The summed E-state index contributed by atoms with van der Waals surface area (Å²) in [6.45, 7) is 6.85. The molecule has 0 fully saturated rings. The minimum Gasteiger partial charge on any atom is -0.481 e. The molecule has 0 aliphatic rings. The second-order valence-corrected chi connectivity index (χ2v) is 6.28. The number of carbonyl (C=O) groups excluding carboxylic acids is 1. The lowest BCUT2D eigenvalue weighted by Crippen LogP contribution is -2.30. The van der Waals surface area contributed by atoms with Crippen LogP contribution in [0.15, 0.2) is 24.5 Å². The Bertz CT molecular complexity index is 466. The number of aliphatic carboxylic acids is 1. The minimum absolute atomic E-state index is 0.0246. The van der Waals surface area contributed by atoms with Crippen LogP contribution in [0.25, 0.3) is 0 Å². The number of carbonyl (C=O) groups is 2. The summed E-state index contributed by atoms with van der Waals surface area (Å²) in [6, 6.07) is 3.34. The Hall–Kier alpha value is -1.91. The average molecular weight is 292 g/mol. The van der Waals surface area contributed by atoms with Crippen molar-refractivity contribution in [3.8, 4) is 0 Å². The van der Waals surface area contributed by atoms with Crippen LogP contribution in [0.3, 0.4) is 0 Å². The first-order valence-electron chi connectivity index (χ1n) is 7.20. The van der Waals surface area contributed by atoms with Gasteiger partial charge in [0.05, 0.1) is 0 Å². The lowest BCUT2D eigenvalue weighted by Gasteiger charge is -2.30. The van der Waals surface area contributed by atoms with Gasteiger partial charge in [0, 0.05) is 30.9 Å². The molecule has 0 saturated carbocycles. The summed E-state index contributed by atoms with van der Waals surface area (Å²) in [7, 11) is 0. The normalized spacial score (nSPS) is 12.7. The Balaban J connectivity index is 2.46. The number of amides is 1. The molecule has 5 nitrogen and oxygen atoms in total. The van der Waals surface area contributed by atoms with Gasteiger partial charge in [-0.3, -0.25) is 14.6 Å². The highest BCUT2D eigenvalue weighted by atomic mass is 16.4. The van der Waals surface area contributed by atoms with Crippen molar-refractivity contribution >= 4 is 11.9 Å². The van der Waals surface area contributed by atoms with E-state index in [1.165, 1.54) is 0 Å². The number of hydrogen-bond donors (Lipinski definition) is 2.